The average Bonchev–Trinajstić information content (AvgIpc) is 3.25. The van der Waals surface area contributed by atoms with Gasteiger partial charge in [0.2, 0.25) is 5.13 Å². The summed E-state index contributed by atoms with van der Waals surface area (Å²) in [6.45, 7) is 0.951. The van der Waals surface area contributed by atoms with Gasteiger partial charge in [-0.2, -0.15) is 9.64 Å². The van der Waals surface area contributed by atoms with Crippen LogP contribution in [-0.4, -0.2) is 43.5 Å². The number of hydrogen-bond donors (Lipinski definition) is 2. The molecule has 0 aliphatic carbocycles. The largest absolute Gasteiger partial charge is 0.465 e. The van der Waals surface area contributed by atoms with Gasteiger partial charge >= 0.3 is 6.09 Å². The number of halogens is 1. The second-order valence-corrected chi connectivity index (χ2v) is 8.05. The van der Waals surface area contributed by atoms with Gasteiger partial charge in [0.05, 0.1) is 16.7 Å². The molecule has 0 atom stereocenters. The summed E-state index contributed by atoms with van der Waals surface area (Å²) in [6.07, 6.45) is 1.98. The van der Waals surface area contributed by atoms with E-state index in [0.717, 1.165) is 0 Å². The van der Waals surface area contributed by atoms with Crippen molar-refractivity contribution in [1.82, 2.24) is 19.2 Å². The lowest BCUT2D eigenvalue weighted by Crippen LogP contribution is -2.37. The number of benzene rings is 1. The quantitative estimate of drug-likeness (QED) is 0.558. The molecule has 1 aliphatic rings. The Morgan fingerprint density at radius 1 is 1.32 bits per heavy atom. The van der Waals surface area contributed by atoms with Gasteiger partial charge in [-0.15, -0.1) is 0 Å². The molecule has 4 rings (SSSR count). The SMILES string of the molecule is N#Cc1ccc(Oc2cc(Cl)cnc2Nc2nc(C3CCN(C(=O)O)CC3)ns2)cc1. The van der Waals surface area contributed by atoms with Crippen LogP contribution in [0.5, 0.6) is 11.5 Å². The van der Waals surface area contributed by atoms with E-state index in [1.165, 1.54) is 22.6 Å². The lowest BCUT2D eigenvalue weighted by Gasteiger charge is -2.28. The molecule has 2 N–H and O–H groups in total. The fourth-order valence-corrected chi connectivity index (χ4v) is 3.99. The van der Waals surface area contributed by atoms with Gasteiger partial charge in [0.1, 0.15) is 11.6 Å². The Morgan fingerprint density at radius 2 is 2.06 bits per heavy atom. The van der Waals surface area contributed by atoms with Crippen LogP contribution in [0.1, 0.15) is 30.1 Å². The predicted molar refractivity (Wildman–Crippen MR) is 115 cm³/mol. The van der Waals surface area contributed by atoms with Crippen molar-refractivity contribution < 1.29 is 14.6 Å². The molecule has 0 spiro atoms. The van der Waals surface area contributed by atoms with Crippen molar-refractivity contribution >= 4 is 40.2 Å². The van der Waals surface area contributed by atoms with Gasteiger partial charge in [0.25, 0.3) is 0 Å². The maximum Gasteiger partial charge on any atom is 0.407 e. The van der Waals surface area contributed by atoms with E-state index in [2.05, 4.69) is 25.7 Å². The highest BCUT2D eigenvalue weighted by Crippen LogP contribution is 2.34. The number of nitriles is 1. The monoisotopic (exact) mass is 456 g/mol. The van der Waals surface area contributed by atoms with Gasteiger partial charge in [-0.1, -0.05) is 11.6 Å². The number of ether oxygens (including phenoxy) is 1. The molecule has 2 aromatic heterocycles. The van der Waals surface area contributed by atoms with Crippen molar-refractivity contribution in [3.63, 3.8) is 0 Å². The van der Waals surface area contributed by atoms with Crippen LogP contribution in [0, 0.1) is 11.3 Å². The van der Waals surface area contributed by atoms with E-state index < -0.39 is 6.09 Å². The van der Waals surface area contributed by atoms with E-state index >= 15 is 0 Å². The van der Waals surface area contributed by atoms with Crippen molar-refractivity contribution in [1.29, 1.82) is 5.26 Å². The molecule has 9 nitrogen and oxygen atoms in total. The third-order valence-corrected chi connectivity index (χ3v) is 5.68. The third-order valence-electron chi connectivity index (χ3n) is 4.83. The van der Waals surface area contributed by atoms with Gasteiger partial charge in [-0.25, -0.2) is 14.8 Å². The standard InChI is InChI=1S/C20H17ClN6O3S/c21-14-9-16(30-15-3-1-12(10-22)2-4-15)18(23-11-14)25-19-24-17(26-31-19)13-5-7-27(8-6-13)20(28)29/h1-4,9,11,13H,5-8H2,(H,28,29)(H,23,24,25,26). The highest BCUT2D eigenvalue weighted by molar-refractivity contribution is 7.09. The van der Waals surface area contributed by atoms with Crippen LogP contribution in [0.25, 0.3) is 0 Å². The van der Waals surface area contributed by atoms with Crippen molar-refractivity contribution in [3.05, 3.63) is 52.9 Å². The van der Waals surface area contributed by atoms with E-state index in [1.54, 1.807) is 30.3 Å². The Balaban J connectivity index is 1.47. The number of piperidine rings is 1. The molecule has 1 aromatic carbocycles. The number of anilines is 2. The molecule has 1 amide bonds. The number of likely N-dealkylation sites (tertiary alicyclic amines) is 1. The highest BCUT2D eigenvalue weighted by Gasteiger charge is 2.26. The van der Waals surface area contributed by atoms with Crippen LogP contribution in [0.15, 0.2) is 36.5 Å². The van der Waals surface area contributed by atoms with Crippen LogP contribution in [0.4, 0.5) is 15.7 Å². The maximum absolute atomic E-state index is 11.1. The van der Waals surface area contributed by atoms with Gasteiger partial charge in [-0.05, 0) is 37.1 Å². The number of carboxylic acid groups (broad SMARTS) is 1. The summed E-state index contributed by atoms with van der Waals surface area (Å²) >= 11 is 7.29. The van der Waals surface area contributed by atoms with Crippen LogP contribution in [0.3, 0.4) is 0 Å². The van der Waals surface area contributed by atoms with E-state index in [9.17, 15) is 4.79 Å². The Hall–Kier alpha value is -3.42. The van der Waals surface area contributed by atoms with Gasteiger partial charge in [0, 0.05) is 42.8 Å². The zero-order valence-corrected chi connectivity index (χ0v) is 17.7. The minimum Gasteiger partial charge on any atom is -0.465 e. The molecule has 1 saturated heterocycles. The first-order valence-corrected chi connectivity index (χ1v) is 10.6. The van der Waals surface area contributed by atoms with Crippen LogP contribution < -0.4 is 10.1 Å². The highest BCUT2D eigenvalue weighted by atomic mass is 35.5. The second kappa shape index (κ2) is 9.16. The minimum absolute atomic E-state index is 0.120. The minimum atomic E-state index is -0.893. The van der Waals surface area contributed by atoms with E-state index in [-0.39, 0.29) is 5.92 Å². The van der Waals surface area contributed by atoms with Gasteiger partial charge < -0.3 is 20.1 Å². The summed E-state index contributed by atoms with van der Waals surface area (Å²) < 4.78 is 10.3. The smallest absolute Gasteiger partial charge is 0.407 e. The van der Waals surface area contributed by atoms with Crippen LogP contribution in [0.2, 0.25) is 5.02 Å². The molecule has 0 unspecified atom stereocenters. The number of aromatic nitrogens is 3. The number of amides is 1. The van der Waals surface area contributed by atoms with Crippen LogP contribution in [-0.2, 0) is 0 Å². The summed E-state index contributed by atoms with van der Waals surface area (Å²) in [4.78, 5) is 21.3. The second-order valence-electron chi connectivity index (χ2n) is 6.87. The fourth-order valence-electron chi connectivity index (χ4n) is 3.20. The topological polar surface area (TPSA) is 124 Å². The maximum atomic E-state index is 11.1. The third kappa shape index (κ3) is 5.02. The van der Waals surface area contributed by atoms with Crippen molar-refractivity contribution in [3.8, 4) is 17.6 Å². The normalized spacial score (nSPS) is 14.1. The molecular formula is C20H17ClN6O3S. The Labute approximate surface area is 187 Å². The summed E-state index contributed by atoms with van der Waals surface area (Å²) in [5.41, 5.74) is 0.533. The first kappa shape index (κ1) is 20.8. The average molecular weight is 457 g/mol. The van der Waals surface area contributed by atoms with Gasteiger partial charge in [0.15, 0.2) is 11.6 Å². The first-order valence-electron chi connectivity index (χ1n) is 9.44. The zero-order chi connectivity index (χ0) is 21.8. The molecule has 3 aromatic rings. The van der Waals surface area contributed by atoms with Crippen molar-refractivity contribution in [2.24, 2.45) is 0 Å². The molecule has 158 valence electrons. The number of nitrogens with one attached hydrogen (secondary N) is 1. The number of rotatable bonds is 5. The number of carbonyl (C=O) groups is 1. The molecule has 0 saturated carbocycles. The summed E-state index contributed by atoms with van der Waals surface area (Å²) in [5, 5.41) is 22.1. The summed E-state index contributed by atoms with van der Waals surface area (Å²) in [7, 11) is 0. The van der Waals surface area contributed by atoms with Gasteiger partial charge in [-0.3, -0.25) is 0 Å². The Bertz CT molecular complexity index is 1120. The lowest BCUT2D eigenvalue weighted by molar-refractivity contribution is 0.131. The molecule has 11 heteroatoms. The number of hydrogen-bond acceptors (Lipinski definition) is 8. The number of nitrogens with zero attached hydrogens (tertiary/aromatic N) is 5. The fraction of sp³-hybridized carbons (Fsp3) is 0.250. The number of pyridine rings is 1. The molecule has 0 bridgehead atoms. The predicted octanol–water partition coefficient (Wildman–Crippen LogP) is 4.85. The summed E-state index contributed by atoms with van der Waals surface area (Å²) in [5.74, 6) is 2.19. The van der Waals surface area contributed by atoms with Crippen molar-refractivity contribution in [2.75, 3.05) is 18.4 Å². The summed E-state index contributed by atoms with van der Waals surface area (Å²) in [6, 6.07) is 10.4. The molecular weight excluding hydrogens is 440 g/mol. The van der Waals surface area contributed by atoms with E-state index in [0.29, 0.717) is 64.8 Å². The molecule has 3 heterocycles. The van der Waals surface area contributed by atoms with Crippen molar-refractivity contribution in [2.45, 2.75) is 18.8 Å². The molecule has 1 fully saturated rings. The lowest BCUT2D eigenvalue weighted by atomic mass is 9.96. The Kier molecular flexibility index (Phi) is 6.16. The molecule has 1 aliphatic heterocycles. The van der Waals surface area contributed by atoms with E-state index in [1.807, 2.05) is 0 Å². The van der Waals surface area contributed by atoms with E-state index in [4.69, 9.17) is 26.7 Å². The molecule has 31 heavy (non-hydrogen) atoms. The van der Waals surface area contributed by atoms with Crippen LogP contribution >= 0.6 is 23.1 Å². The Morgan fingerprint density at radius 3 is 2.74 bits per heavy atom. The molecule has 0 radical (unpaired) electrons. The zero-order valence-electron chi connectivity index (χ0n) is 16.2. The first-order chi connectivity index (χ1) is 15.0.